The SMILES string of the molecule is O=C1CC[C@@H](c2noc3ccc4cc(C(=O)CCC5CC5)ccc4c23)C(=O)C1.O=C1CC[C@@H](c2noc3ccc4cc(OCC(F)F)ccc4c23)C(=O)C1.O=C1CC[C@H](c2noc3ccc4cc(C(=O)CCC5CC5)ccc4c23)C(=O)C1.O=C1CC[C@H](c2noc3ccc4cc(OCC(F)F)ccc4c23)C(=O)C1. The molecular weight excluding hydrogens is 1400 g/mol. The van der Waals surface area contributed by atoms with Crippen LogP contribution in [0.3, 0.4) is 0 Å². The quantitative estimate of drug-likeness (QED) is 0.0438. The maximum absolute atomic E-state index is 12.5. The lowest BCUT2D eigenvalue weighted by molar-refractivity contribution is -0.132. The van der Waals surface area contributed by atoms with E-state index in [9.17, 15) is 65.5 Å². The van der Waals surface area contributed by atoms with Gasteiger partial charge in [-0.15, -0.1) is 0 Å². The smallest absolute Gasteiger partial charge is 0.272 e. The lowest BCUT2D eigenvalue weighted by Crippen LogP contribution is -2.23. The summed E-state index contributed by atoms with van der Waals surface area (Å²) in [6.07, 6.45) is 6.19. The first-order valence-corrected chi connectivity index (χ1v) is 36.6. The van der Waals surface area contributed by atoms with E-state index in [0.717, 1.165) is 100 Å². The molecule has 0 spiro atoms. The number of rotatable bonds is 18. The molecule has 12 aromatic rings. The topological polar surface area (TPSA) is 293 Å². The molecule has 18 rings (SSSR count). The summed E-state index contributed by atoms with van der Waals surface area (Å²) in [5.41, 5.74) is 6.08. The number of hydrogen-bond donors (Lipinski definition) is 0. The van der Waals surface area contributed by atoms with Crippen LogP contribution in [0.15, 0.2) is 139 Å². The van der Waals surface area contributed by atoms with Crippen LogP contribution in [0, 0.1) is 11.8 Å². The zero-order valence-electron chi connectivity index (χ0n) is 58.6. The number of hydrogen-bond acceptors (Lipinski definition) is 20. The molecule has 0 N–H and O–H groups in total. The minimum Gasteiger partial charge on any atom is -0.488 e. The highest BCUT2D eigenvalue weighted by Crippen LogP contribution is 2.44. The van der Waals surface area contributed by atoms with Crippen LogP contribution in [0.4, 0.5) is 17.6 Å². The number of halogens is 4. The Balaban J connectivity index is 0.000000115. The van der Waals surface area contributed by atoms with E-state index in [2.05, 4.69) is 20.6 Å². The summed E-state index contributed by atoms with van der Waals surface area (Å²) in [5, 5.41) is 26.5. The third-order valence-electron chi connectivity index (χ3n) is 21.4. The Morgan fingerprint density at radius 2 is 0.639 bits per heavy atom. The Labute approximate surface area is 612 Å². The lowest BCUT2D eigenvalue weighted by Gasteiger charge is -2.18. The van der Waals surface area contributed by atoms with Crippen LogP contribution in [-0.4, -0.2) is 105 Å². The fraction of sp³-hybridized carbons (Fsp3) is 0.357. The standard InChI is InChI=1S/2C23H21NO4.2C19H15F2NO4/c2*25-16-6-8-18(20(27)12-16)23-22-17-7-4-15(19(26)9-3-13-1-2-13)11-14(17)5-10-21(22)28-24-23;2*20-17(21)9-25-12-3-5-13-10(7-12)1-6-16-18(13)19(22-26-16)14-4-2-11(23)8-15(14)24/h2*4-5,7,10-11,13,18H,1-3,6,8-9,12H2;2*1,3,5-7,14,17H,2,4,8-9H2/t2*18-;2*14-/m1010/s1. The molecule has 0 aliphatic heterocycles. The van der Waals surface area contributed by atoms with Gasteiger partial charge in [-0.25, -0.2) is 17.6 Å². The third-order valence-corrected chi connectivity index (χ3v) is 21.4. The average Bonchev–Trinajstić information content (AvgIpc) is 1.62. The van der Waals surface area contributed by atoms with Gasteiger partial charge >= 0.3 is 0 Å². The van der Waals surface area contributed by atoms with Gasteiger partial charge in [0.05, 0.1) is 70.9 Å². The summed E-state index contributed by atoms with van der Waals surface area (Å²) in [6.45, 7) is -1.34. The largest absolute Gasteiger partial charge is 0.488 e. The molecule has 0 unspecified atom stereocenters. The second kappa shape index (κ2) is 30.9. The second-order valence-electron chi connectivity index (χ2n) is 29.0. The van der Waals surface area contributed by atoms with Crippen LogP contribution in [0.25, 0.3) is 87.0 Å². The lowest BCUT2D eigenvalue weighted by atomic mass is 9.83. The van der Waals surface area contributed by atoms with Gasteiger partial charge in [0.2, 0.25) is 0 Å². The molecule has 4 heterocycles. The van der Waals surface area contributed by atoms with Crippen molar-refractivity contribution >= 4 is 145 Å². The highest BCUT2D eigenvalue weighted by molar-refractivity contribution is 6.16. The monoisotopic (exact) mass is 1470 g/mol. The van der Waals surface area contributed by atoms with E-state index >= 15 is 0 Å². The van der Waals surface area contributed by atoms with E-state index in [0.29, 0.717) is 121 Å². The summed E-state index contributed by atoms with van der Waals surface area (Å²) in [6, 6.07) is 36.0. The van der Waals surface area contributed by atoms with Gasteiger partial charge in [0, 0.05) is 49.7 Å². The van der Waals surface area contributed by atoms with Crippen molar-refractivity contribution in [2.75, 3.05) is 13.2 Å². The van der Waals surface area contributed by atoms with Gasteiger partial charge in [-0.3, -0.25) is 47.9 Å². The third kappa shape index (κ3) is 15.6. The first-order valence-electron chi connectivity index (χ1n) is 36.6. The minimum atomic E-state index is -2.54. The molecule has 0 bridgehead atoms. The number of aromatic nitrogens is 4. The molecule has 24 heteroatoms. The summed E-state index contributed by atoms with van der Waals surface area (Å²) in [4.78, 5) is 121. The molecule has 6 aliphatic rings. The fourth-order valence-corrected chi connectivity index (χ4v) is 15.3. The van der Waals surface area contributed by atoms with Crippen molar-refractivity contribution in [3.63, 3.8) is 0 Å². The van der Waals surface area contributed by atoms with Crippen LogP contribution in [-0.2, 0) is 38.4 Å². The van der Waals surface area contributed by atoms with Crippen LogP contribution in [0.5, 0.6) is 11.5 Å². The summed E-state index contributed by atoms with van der Waals surface area (Å²) >= 11 is 0. The van der Waals surface area contributed by atoms with Crippen LogP contribution in [0.2, 0.25) is 0 Å². The number of alkyl halides is 4. The molecule has 0 saturated heterocycles. The molecule has 6 saturated carbocycles. The van der Waals surface area contributed by atoms with Crippen LogP contribution in [0.1, 0.15) is 196 Å². The van der Waals surface area contributed by atoms with Crippen molar-refractivity contribution in [3.8, 4) is 11.5 Å². The van der Waals surface area contributed by atoms with Crippen molar-refractivity contribution in [3.05, 3.63) is 155 Å². The van der Waals surface area contributed by atoms with Gasteiger partial charge in [0.1, 0.15) is 93.8 Å². The van der Waals surface area contributed by atoms with Gasteiger partial charge < -0.3 is 27.6 Å². The summed E-state index contributed by atoms with van der Waals surface area (Å²) in [5.74, 6) is 0.214. The molecule has 6 aliphatic carbocycles. The Morgan fingerprint density at radius 1 is 0.361 bits per heavy atom. The van der Waals surface area contributed by atoms with Gasteiger partial charge in [0.15, 0.2) is 33.9 Å². The second-order valence-corrected chi connectivity index (χ2v) is 29.0. The van der Waals surface area contributed by atoms with Crippen molar-refractivity contribution in [1.29, 1.82) is 0 Å². The highest BCUT2D eigenvalue weighted by Gasteiger charge is 2.37. The molecule has 552 valence electrons. The maximum Gasteiger partial charge on any atom is 0.272 e. The average molecular weight is 1470 g/mol. The number of ketones is 10. The first-order chi connectivity index (χ1) is 52.2. The Bertz CT molecular complexity index is 5300. The van der Waals surface area contributed by atoms with E-state index < -0.39 is 49.7 Å². The maximum atomic E-state index is 12.5. The molecule has 6 fully saturated rings. The zero-order chi connectivity index (χ0) is 75.0. The van der Waals surface area contributed by atoms with Crippen LogP contribution < -0.4 is 9.47 Å². The number of carbonyl (C=O) groups is 10. The van der Waals surface area contributed by atoms with Gasteiger partial charge in [-0.05, 0) is 166 Å². The molecule has 20 nitrogen and oxygen atoms in total. The Hall–Kier alpha value is -11.3. The van der Waals surface area contributed by atoms with Gasteiger partial charge in [0.25, 0.3) is 12.9 Å². The summed E-state index contributed by atoms with van der Waals surface area (Å²) < 4.78 is 81.1. The first kappa shape index (κ1) is 72.3. The molecule has 4 aromatic heterocycles. The van der Waals surface area contributed by atoms with E-state index in [1.54, 1.807) is 60.7 Å². The van der Waals surface area contributed by atoms with E-state index in [1.807, 2.05) is 60.7 Å². The highest BCUT2D eigenvalue weighted by atomic mass is 19.3. The van der Waals surface area contributed by atoms with Crippen molar-refractivity contribution in [1.82, 2.24) is 20.6 Å². The predicted octanol–water partition coefficient (Wildman–Crippen LogP) is 17.6. The predicted molar refractivity (Wildman–Crippen MR) is 388 cm³/mol. The molecular formula is C84H72F4N4O16. The number of Topliss-reactive ketones (excluding diaryl/α,β-unsaturated/α-hetero) is 10. The van der Waals surface area contributed by atoms with Gasteiger partial charge in [-0.1, -0.05) is 94.8 Å². The minimum absolute atomic E-state index is 0.00624. The van der Waals surface area contributed by atoms with E-state index in [1.165, 1.54) is 25.7 Å². The molecule has 4 atom stereocenters. The molecule has 8 aromatic carbocycles. The van der Waals surface area contributed by atoms with E-state index in [4.69, 9.17) is 27.6 Å². The van der Waals surface area contributed by atoms with E-state index in [-0.39, 0.29) is 83.5 Å². The Kier molecular flexibility index (Phi) is 20.7. The number of nitrogens with zero attached hydrogens (tertiary/aromatic N) is 4. The molecule has 0 amide bonds. The summed E-state index contributed by atoms with van der Waals surface area (Å²) in [7, 11) is 0. The van der Waals surface area contributed by atoms with Crippen molar-refractivity contribution < 1.29 is 93.1 Å². The number of carbonyl (C=O) groups excluding carboxylic acids is 10. The zero-order valence-corrected chi connectivity index (χ0v) is 58.6. The van der Waals surface area contributed by atoms with Crippen LogP contribution >= 0.6 is 0 Å². The Morgan fingerprint density at radius 3 is 0.907 bits per heavy atom. The van der Waals surface area contributed by atoms with Gasteiger partial charge in [-0.2, -0.15) is 0 Å². The number of fused-ring (bicyclic) bond motifs is 12. The number of benzene rings is 8. The number of ether oxygens (including phenoxy) is 2. The van der Waals surface area contributed by atoms with Crippen molar-refractivity contribution in [2.45, 2.75) is 165 Å². The molecule has 108 heavy (non-hydrogen) atoms. The normalized spacial score (nSPS) is 19.2. The molecule has 0 radical (unpaired) electrons. The van der Waals surface area contributed by atoms with Crippen molar-refractivity contribution in [2.24, 2.45) is 11.8 Å². The fourth-order valence-electron chi connectivity index (χ4n) is 15.3.